The highest BCUT2D eigenvalue weighted by Gasteiger charge is 2.60. The van der Waals surface area contributed by atoms with Gasteiger partial charge >= 0.3 is 24.6 Å². The molecule has 39 heavy (non-hydrogen) atoms. The number of carbonyl (C=O) groups is 1. The van der Waals surface area contributed by atoms with Gasteiger partial charge in [0.05, 0.1) is 11.8 Å². The van der Waals surface area contributed by atoms with Crippen molar-refractivity contribution < 1.29 is 57.5 Å². The number of nitrogens with one attached hydrogen (secondary N) is 1. The zero-order valence-electron chi connectivity index (χ0n) is 20.3. The Hall–Kier alpha value is -2.47. The fourth-order valence-electron chi connectivity index (χ4n) is 4.49. The van der Waals surface area contributed by atoms with Crippen molar-refractivity contribution in [1.82, 2.24) is 14.5 Å². The smallest absolute Gasteiger partial charge is 0.426 e. The molecule has 1 aromatic carbocycles. The van der Waals surface area contributed by atoms with Crippen molar-refractivity contribution in [2.24, 2.45) is 0 Å². The lowest BCUT2D eigenvalue weighted by Crippen LogP contribution is -2.52. The van der Waals surface area contributed by atoms with Crippen LogP contribution in [0.2, 0.25) is 0 Å². The van der Waals surface area contributed by atoms with Crippen molar-refractivity contribution in [1.29, 1.82) is 0 Å². The van der Waals surface area contributed by atoms with Crippen LogP contribution >= 0.6 is 0 Å². The van der Waals surface area contributed by atoms with Crippen LogP contribution in [0.5, 0.6) is 0 Å². The van der Waals surface area contributed by atoms with Gasteiger partial charge in [0.2, 0.25) is 10.0 Å². The summed E-state index contributed by atoms with van der Waals surface area (Å²) in [4.78, 5) is 15.7. The van der Waals surface area contributed by atoms with Gasteiger partial charge in [-0.3, -0.25) is 4.90 Å². The number of carbonyl (C=O) groups excluding carboxylic acids is 1. The molecule has 1 amide bonds. The van der Waals surface area contributed by atoms with Crippen molar-refractivity contribution in [3.63, 3.8) is 0 Å². The normalized spacial score (nSPS) is 20.1. The van der Waals surface area contributed by atoms with E-state index >= 15 is 0 Å². The maximum Gasteiger partial charge on any atom is 0.434 e. The maximum atomic E-state index is 13.9. The van der Waals surface area contributed by atoms with Crippen molar-refractivity contribution >= 4 is 21.8 Å². The number of nitrogens with zero attached hydrogens (tertiary/aromatic N) is 3. The van der Waals surface area contributed by atoms with E-state index in [0.29, 0.717) is 11.3 Å². The Bertz CT molecular complexity index is 1120. The minimum absolute atomic E-state index is 0.112. The van der Waals surface area contributed by atoms with Gasteiger partial charge in [-0.25, -0.2) is 17.9 Å². The van der Waals surface area contributed by atoms with Crippen molar-refractivity contribution in [3.05, 3.63) is 29.3 Å². The van der Waals surface area contributed by atoms with Crippen LogP contribution in [-0.2, 0) is 27.5 Å². The van der Waals surface area contributed by atoms with Gasteiger partial charge in [-0.05, 0) is 18.6 Å². The predicted molar refractivity (Wildman–Crippen MR) is 119 cm³/mol. The van der Waals surface area contributed by atoms with E-state index in [9.17, 15) is 52.7 Å². The molecule has 18 heteroatoms. The molecular weight excluding hydrogens is 575 g/mol. The monoisotopic (exact) mass is 600 g/mol. The first-order valence-corrected chi connectivity index (χ1v) is 13.4. The molecule has 1 atom stereocenters. The lowest BCUT2D eigenvalue weighted by molar-refractivity contribution is -0.308. The Labute approximate surface area is 217 Å². The summed E-state index contributed by atoms with van der Waals surface area (Å²) < 4.78 is 147. The van der Waals surface area contributed by atoms with E-state index in [2.05, 4.69) is 9.46 Å². The van der Waals surface area contributed by atoms with Crippen LogP contribution in [0.3, 0.4) is 0 Å². The first kappa shape index (κ1) is 31.1. The molecule has 3 rings (SSSR count). The molecule has 2 aliphatic heterocycles. The van der Waals surface area contributed by atoms with Crippen LogP contribution in [0.1, 0.15) is 17.5 Å². The topological polar surface area (TPSA) is 82.2 Å². The highest BCUT2D eigenvalue weighted by molar-refractivity contribution is 7.88. The third kappa shape index (κ3) is 8.26. The molecule has 1 N–H and O–H groups in total. The number of rotatable bonds is 6. The minimum Gasteiger partial charge on any atom is -0.426 e. The fraction of sp³-hybridized carbons (Fsp3) is 0.667. The van der Waals surface area contributed by atoms with Gasteiger partial charge in [-0.1, -0.05) is 6.07 Å². The second-order valence-electron chi connectivity index (χ2n) is 9.23. The van der Waals surface area contributed by atoms with Crippen molar-refractivity contribution in [2.75, 3.05) is 50.4 Å². The van der Waals surface area contributed by atoms with E-state index < -0.39 is 52.4 Å². The standard InChI is InChI=1S/C21H25F9N4O4S/c1-39(36,37)31-13-5-6-34(11-13)16-4-2-3-15(19(22,23)24)14(16)12-32-7-9-33(10-8-32)18(35)38-17(20(25,26)27)21(28,29)30/h2-4,13,17,31H,5-12H2,1H3/t13-/m0/s1. The maximum absolute atomic E-state index is 13.9. The second kappa shape index (κ2) is 11.2. The van der Waals surface area contributed by atoms with Crippen molar-refractivity contribution in [3.8, 4) is 0 Å². The summed E-state index contributed by atoms with van der Waals surface area (Å²) in [6, 6.07) is 3.03. The van der Waals surface area contributed by atoms with Gasteiger partial charge in [-0.15, -0.1) is 0 Å². The lowest BCUT2D eigenvalue weighted by atomic mass is 10.0. The molecule has 2 saturated heterocycles. The quantitative estimate of drug-likeness (QED) is 0.503. The number of sulfonamides is 1. The SMILES string of the molecule is CS(=O)(=O)N[C@H]1CCN(c2cccc(C(F)(F)F)c2CN2CCN(C(=O)OC(C(F)(F)F)C(F)(F)F)CC2)C1. The van der Waals surface area contributed by atoms with E-state index in [1.54, 1.807) is 4.90 Å². The van der Waals surface area contributed by atoms with E-state index in [0.717, 1.165) is 12.3 Å². The van der Waals surface area contributed by atoms with Crippen LogP contribution < -0.4 is 9.62 Å². The molecule has 0 aromatic heterocycles. The van der Waals surface area contributed by atoms with Crippen LogP contribution in [0.15, 0.2) is 18.2 Å². The molecule has 0 bridgehead atoms. The Morgan fingerprint density at radius 1 is 1.00 bits per heavy atom. The Balaban J connectivity index is 1.73. The molecular formula is C21H25F9N4O4S. The third-order valence-corrected chi connectivity index (χ3v) is 6.95. The van der Waals surface area contributed by atoms with Crippen LogP contribution in [-0.4, -0.2) is 94.3 Å². The molecule has 0 spiro atoms. The van der Waals surface area contributed by atoms with Gasteiger partial charge < -0.3 is 14.5 Å². The van der Waals surface area contributed by atoms with Crippen LogP contribution in [0.25, 0.3) is 0 Å². The van der Waals surface area contributed by atoms with Crippen LogP contribution in [0, 0.1) is 0 Å². The first-order valence-electron chi connectivity index (χ1n) is 11.5. The molecule has 2 aliphatic rings. The average Bonchev–Trinajstić information content (AvgIpc) is 3.22. The molecule has 0 saturated carbocycles. The molecule has 0 aliphatic carbocycles. The van der Waals surface area contributed by atoms with E-state index in [1.165, 1.54) is 17.0 Å². The van der Waals surface area contributed by atoms with E-state index in [-0.39, 0.29) is 57.1 Å². The lowest BCUT2D eigenvalue weighted by Gasteiger charge is -2.36. The molecule has 8 nitrogen and oxygen atoms in total. The number of halogens is 9. The molecule has 222 valence electrons. The van der Waals surface area contributed by atoms with E-state index in [1.807, 2.05) is 0 Å². The number of hydrogen-bond acceptors (Lipinski definition) is 6. The second-order valence-corrected chi connectivity index (χ2v) is 11.0. The fourth-order valence-corrected chi connectivity index (χ4v) is 5.29. The van der Waals surface area contributed by atoms with Gasteiger partial charge in [0, 0.05) is 63.1 Å². The summed E-state index contributed by atoms with van der Waals surface area (Å²) in [5.74, 6) is 0. The molecule has 2 heterocycles. The molecule has 0 unspecified atom stereocenters. The number of anilines is 1. The zero-order valence-corrected chi connectivity index (χ0v) is 21.1. The first-order chi connectivity index (χ1) is 17.8. The van der Waals surface area contributed by atoms with Crippen molar-refractivity contribution in [2.45, 2.75) is 43.6 Å². The third-order valence-electron chi connectivity index (χ3n) is 6.19. The van der Waals surface area contributed by atoms with E-state index in [4.69, 9.17) is 0 Å². The molecule has 1 aromatic rings. The highest BCUT2D eigenvalue weighted by Crippen LogP contribution is 2.39. The van der Waals surface area contributed by atoms with Gasteiger partial charge in [0.15, 0.2) is 0 Å². The summed E-state index contributed by atoms with van der Waals surface area (Å²) in [5.41, 5.74) is -0.863. The predicted octanol–water partition coefficient (Wildman–Crippen LogP) is 3.58. The molecule has 0 radical (unpaired) electrons. The van der Waals surface area contributed by atoms with Gasteiger partial charge in [-0.2, -0.15) is 39.5 Å². The summed E-state index contributed by atoms with van der Waals surface area (Å²) in [6.45, 7) is -0.976. The Kier molecular flexibility index (Phi) is 8.91. The highest BCUT2D eigenvalue weighted by atomic mass is 32.2. The molecule has 2 fully saturated rings. The van der Waals surface area contributed by atoms with Gasteiger partial charge in [0.1, 0.15) is 0 Å². The number of alkyl halides is 9. The Morgan fingerprint density at radius 3 is 2.10 bits per heavy atom. The zero-order chi connectivity index (χ0) is 29.4. The average molecular weight is 601 g/mol. The van der Waals surface area contributed by atoms with Gasteiger partial charge in [0.25, 0.3) is 6.10 Å². The minimum atomic E-state index is -5.88. The summed E-state index contributed by atoms with van der Waals surface area (Å²) in [5, 5.41) is 0. The number of benzene rings is 1. The Morgan fingerprint density at radius 2 is 1.59 bits per heavy atom. The summed E-state index contributed by atoms with van der Waals surface area (Å²) in [6.07, 6.45) is -21.3. The largest absolute Gasteiger partial charge is 0.434 e. The number of ether oxygens (including phenoxy) is 1. The number of amides is 1. The number of hydrogen-bond donors (Lipinski definition) is 1. The summed E-state index contributed by atoms with van der Waals surface area (Å²) in [7, 11) is -3.55. The van der Waals surface area contributed by atoms with Crippen LogP contribution in [0.4, 0.5) is 50.0 Å². The number of piperazine rings is 1. The summed E-state index contributed by atoms with van der Waals surface area (Å²) >= 11 is 0.